The van der Waals surface area contributed by atoms with Crippen molar-refractivity contribution in [3.8, 4) is 11.3 Å². The smallest absolute Gasteiger partial charge is 0.269 e. The summed E-state index contributed by atoms with van der Waals surface area (Å²) in [5.74, 6) is -0.262. The zero-order valence-electron chi connectivity index (χ0n) is 16.9. The summed E-state index contributed by atoms with van der Waals surface area (Å²) in [5.41, 5.74) is 6.22. The number of aromatic amines is 2. The van der Waals surface area contributed by atoms with E-state index in [1.807, 2.05) is 84.9 Å². The third-order valence-electron chi connectivity index (χ3n) is 5.62. The van der Waals surface area contributed by atoms with Crippen LogP contribution in [0, 0.1) is 0 Å². The predicted octanol–water partition coefficient (Wildman–Crippen LogP) is 4.23. The number of benzene rings is 3. The van der Waals surface area contributed by atoms with Crippen LogP contribution in [0.15, 0.2) is 89.9 Å². The fourth-order valence-electron chi connectivity index (χ4n) is 4.11. The molecule has 1 unspecified atom stereocenters. The van der Waals surface area contributed by atoms with E-state index < -0.39 is 6.17 Å². The Morgan fingerprint density at radius 1 is 0.844 bits per heavy atom. The Balaban J connectivity index is 1.47. The molecule has 0 saturated heterocycles. The molecule has 0 aliphatic carbocycles. The van der Waals surface area contributed by atoms with Crippen molar-refractivity contribution in [2.45, 2.75) is 6.17 Å². The van der Waals surface area contributed by atoms with Crippen LogP contribution in [-0.2, 0) is 0 Å². The third-order valence-corrected chi connectivity index (χ3v) is 5.62. The largest absolute Gasteiger partial charge is 0.351 e. The van der Waals surface area contributed by atoms with Crippen LogP contribution in [0.3, 0.4) is 0 Å². The molecule has 3 N–H and O–H groups in total. The first-order valence-corrected chi connectivity index (χ1v) is 10.3. The summed E-state index contributed by atoms with van der Waals surface area (Å²) in [5, 5.41) is 15.4. The molecular weight excluding hydrogens is 400 g/mol. The second-order valence-electron chi connectivity index (χ2n) is 7.59. The number of H-pyrrole nitrogens is 2. The van der Waals surface area contributed by atoms with E-state index in [0.717, 1.165) is 33.3 Å². The maximum Gasteiger partial charge on any atom is 0.269 e. The quantitative estimate of drug-likeness (QED) is 0.409. The number of nitrogens with zero attached hydrogens (tertiary/aromatic N) is 3. The van der Waals surface area contributed by atoms with Crippen LogP contribution < -0.4 is 5.32 Å². The normalized spacial score (nSPS) is 14.9. The van der Waals surface area contributed by atoms with Crippen molar-refractivity contribution in [3.63, 3.8) is 0 Å². The third kappa shape index (κ3) is 2.99. The minimum atomic E-state index is -0.703. The van der Waals surface area contributed by atoms with Crippen molar-refractivity contribution < 1.29 is 4.79 Å². The zero-order chi connectivity index (χ0) is 21.5. The van der Waals surface area contributed by atoms with Crippen LogP contribution in [0.25, 0.3) is 22.2 Å². The monoisotopic (exact) mass is 418 g/mol. The first kappa shape index (κ1) is 18.3. The Hall–Kier alpha value is -4.52. The van der Waals surface area contributed by atoms with Gasteiger partial charge in [0.25, 0.3) is 5.91 Å². The van der Waals surface area contributed by atoms with Crippen molar-refractivity contribution in [2.24, 2.45) is 4.99 Å². The van der Waals surface area contributed by atoms with E-state index in [4.69, 9.17) is 4.99 Å². The lowest BCUT2D eigenvalue weighted by Gasteiger charge is -2.13. The molecule has 0 radical (unpaired) electrons. The highest BCUT2D eigenvalue weighted by atomic mass is 16.2. The molecule has 7 heteroatoms. The van der Waals surface area contributed by atoms with E-state index in [9.17, 15) is 4.79 Å². The molecule has 0 bridgehead atoms. The van der Waals surface area contributed by atoms with Gasteiger partial charge in [-0.05, 0) is 12.1 Å². The number of aliphatic imine (C=N–C) groups is 1. The summed E-state index contributed by atoms with van der Waals surface area (Å²) in [7, 11) is 0. The number of nitrogens with one attached hydrogen (secondary N) is 3. The van der Waals surface area contributed by atoms with Crippen molar-refractivity contribution in [2.75, 3.05) is 0 Å². The van der Waals surface area contributed by atoms with Crippen LogP contribution in [-0.4, -0.2) is 32.0 Å². The van der Waals surface area contributed by atoms with Crippen LogP contribution >= 0.6 is 0 Å². The van der Waals surface area contributed by atoms with Crippen LogP contribution in [0.4, 0.5) is 0 Å². The van der Waals surface area contributed by atoms with Crippen LogP contribution in [0.5, 0.6) is 0 Å². The molecule has 1 atom stereocenters. The molecule has 1 aliphatic heterocycles. The maximum atomic E-state index is 13.2. The molecule has 7 nitrogen and oxygen atoms in total. The van der Waals surface area contributed by atoms with Gasteiger partial charge in [0.15, 0.2) is 6.17 Å². The molecule has 5 aromatic rings. The number of amides is 1. The van der Waals surface area contributed by atoms with E-state index in [1.54, 1.807) is 0 Å². The van der Waals surface area contributed by atoms with Gasteiger partial charge in [-0.25, -0.2) is 0 Å². The average molecular weight is 418 g/mol. The lowest BCUT2D eigenvalue weighted by Crippen LogP contribution is -2.28. The number of carbonyl (C=O) groups is 1. The fraction of sp³-hybridized carbons (Fsp3) is 0.0400. The Morgan fingerprint density at radius 3 is 2.44 bits per heavy atom. The van der Waals surface area contributed by atoms with E-state index in [0.29, 0.717) is 17.1 Å². The van der Waals surface area contributed by atoms with Gasteiger partial charge in [-0.1, -0.05) is 72.8 Å². The Kier molecular flexibility index (Phi) is 4.18. The van der Waals surface area contributed by atoms with Gasteiger partial charge in [0.05, 0.1) is 5.71 Å². The molecule has 1 amide bonds. The molecule has 154 valence electrons. The van der Waals surface area contributed by atoms with Gasteiger partial charge in [-0.2, -0.15) is 15.4 Å². The van der Waals surface area contributed by atoms with Gasteiger partial charge in [0, 0.05) is 27.6 Å². The van der Waals surface area contributed by atoms with Crippen molar-refractivity contribution >= 4 is 22.5 Å². The molecular formula is C25H18N6O. The number of hydrogen-bond donors (Lipinski definition) is 3. The number of para-hydroxylation sites is 1. The Morgan fingerprint density at radius 2 is 1.59 bits per heavy atom. The molecule has 0 saturated carbocycles. The van der Waals surface area contributed by atoms with Gasteiger partial charge in [0.1, 0.15) is 17.1 Å². The Bertz CT molecular complexity index is 1450. The van der Waals surface area contributed by atoms with Gasteiger partial charge >= 0.3 is 0 Å². The summed E-state index contributed by atoms with van der Waals surface area (Å²) in [6, 6.07) is 27.5. The second-order valence-corrected chi connectivity index (χ2v) is 7.59. The van der Waals surface area contributed by atoms with Crippen LogP contribution in [0.1, 0.15) is 33.5 Å². The molecule has 0 fully saturated rings. The average Bonchev–Trinajstić information content (AvgIpc) is 3.47. The summed E-state index contributed by atoms with van der Waals surface area (Å²) < 4.78 is 0. The lowest BCUT2D eigenvalue weighted by atomic mass is 9.96. The maximum absolute atomic E-state index is 13.2. The minimum absolute atomic E-state index is 0.262. The summed E-state index contributed by atoms with van der Waals surface area (Å²) in [6.07, 6.45) is -0.703. The Labute approximate surface area is 183 Å². The van der Waals surface area contributed by atoms with E-state index >= 15 is 0 Å². The van der Waals surface area contributed by atoms with Crippen molar-refractivity contribution in [1.29, 1.82) is 0 Å². The standard InChI is InChI=1S/C25H18N6O/c32-25(20-14-16-10-4-7-13-19(16)26-20)28-24-23-22(29-31-30-23)18-12-6-5-11-17(18)21(27-24)15-8-2-1-3-9-15/h1-14,24,26H,(H,28,32)(H,29,30,31). The molecule has 32 heavy (non-hydrogen) atoms. The number of hydrogen-bond acceptors (Lipinski definition) is 4. The highest BCUT2D eigenvalue weighted by Crippen LogP contribution is 2.34. The molecule has 6 rings (SSSR count). The number of rotatable bonds is 3. The van der Waals surface area contributed by atoms with Gasteiger partial charge in [-0.3, -0.25) is 9.79 Å². The second kappa shape index (κ2) is 7.31. The lowest BCUT2D eigenvalue weighted by molar-refractivity contribution is 0.0933. The van der Waals surface area contributed by atoms with Gasteiger partial charge < -0.3 is 10.3 Å². The zero-order valence-corrected chi connectivity index (χ0v) is 16.9. The first-order valence-electron chi connectivity index (χ1n) is 10.3. The van der Waals surface area contributed by atoms with Gasteiger partial charge in [-0.15, -0.1) is 0 Å². The highest BCUT2D eigenvalue weighted by molar-refractivity contribution is 6.17. The van der Waals surface area contributed by atoms with E-state index in [1.165, 1.54) is 0 Å². The van der Waals surface area contributed by atoms with E-state index in [2.05, 4.69) is 25.7 Å². The molecule has 3 aromatic carbocycles. The van der Waals surface area contributed by atoms with Crippen LogP contribution in [0.2, 0.25) is 0 Å². The molecule has 1 aliphatic rings. The molecule has 3 heterocycles. The number of carbonyl (C=O) groups excluding carboxylic acids is 1. The molecule has 2 aromatic heterocycles. The summed E-state index contributed by atoms with van der Waals surface area (Å²) in [4.78, 5) is 21.3. The predicted molar refractivity (Wildman–Crippen MR) is 122 cm³/mol. The van der Waals surface area contributed by atoms with E-state index in [-0.39, 0.29) is 5.91 Å². The topological polar surface area (TPSA) is 98.8 Å². The molecule has 0 spiro atoms. The first-order chi connectivity index (χ1) is 15.8. The highest BCUT2D eigenvalue weighted by Gasteiger charge is 2.29. The minimum Gasteiger partial charge on any atom is -0.351 e. The van der Waals surface area contributed by atoms with Crippen molar-refractivity contribution in [1.82, 2.24) is 25.7 Å². The number of aromatic nitrogens is 4. The fourth-order valence-corrected chi connectivity index (χ4v) is 4.11. The van der Waals surface area contributed by atoms with Gasteiger partial charge in [0.2, 0.25) is 0 Å². The van der Waals surface area contributed by atoms with Crippen molar-refractivity contribution in [3.05, 3.63) is 107 Å². The summed E-state index contributed by atoms with van der Waals surface area (Å²) in [6.45, 7) is 0. The SMILES string of the molecule is O=C(NC1N=C(c2ccccc2)c2ccccc2-c2n[nH]nc21)c1cc2ccccc2[nH]1. The summed E-state index contributed by atoms with van der Waals surface area (Å²) >= 11 is 0. The number of fused-ring (bicyclic) bond motifs is 4.